The van der Waals surface area contributed by atoms with Gasteiger partial charge in [-0.25, -0.2) is 4.79 Å². The van der Waals surface area contributed by atoms with Crippen molar-refractivity contribution in [2.45, 2.75) is 51.2 Å². The predicted octanol–water partition coefficient (Wildman–Crippen LogP) is -1.39. The number of rotatable bonds is 11. The van der Waals surface area contributed by atoms with Gasteiger partial charge in [-0.3, -0.25) is 14.4 Å². The highest BCUT2D eigenvalue weighted by Gasteiger charge is 2.28. The fraction of sp³-hybridized carbons (Fsp3) is 0.714. The van der Waals surface area contributed by atoms with Gasteiger partial charge in [-0.15, -0.1) is 0 Å². The van der Waals surface area contributed by atoms with Crippen molar-refractivity contribution in [2.24, 2.45) is 17.4 Å². The Kier molecular flexibility index (Phi) is 10.0. The van der Waals surface area contributed by atoms with Crippen LogP contribution >= 0.6 is 12.6 Å². The fourth-order valence-corrected chi connectivity index (χ4v) is 2.05. The minimum absolute atomic E-state index is 0.0348. The molecule has 0 aromatic rings. The SMILES string of the molecule is CC[C@H](C)[C@H](N)C(=O)N[C@@H](CS)C(=O)N[C@@H](CCC(N)=O)C(=O)O. The van der Waals surface area contributed by atoms with E-state index >= 15 is 0 Å². The number of carbonyl (C=O) groups is 4. The van der Waals surface area contributed by atoms with Crippen LogP contribution in [0.4, 0.5) is 0 Å². The number of hydrogen-bond donors (Lipinski definition) is 6. The van der Waals surface area contributed by atoms with Crippen LogP contribution in [0.2, 0.25) is 0 Å². The molecule has 3 amide bonds. The van der Waals surface area contributed by atoms with Gasteiger partial charge in [0.2, 0.25) is 17.7 Å². The van der Waals surface area contributed by atoms with E-state index in [0.717, 1.165) is 0 Å². The van der Waals surface area contributed by atoms with Crippen LogP contribution in [-0.2, 0) is 19.2 Å². The molecule has 0 aromatic heterocycles. The highest BCUT2D eigenvalue weighted by Crippen LogP contribution is 2.06. The van der Waals surface area contributed by atoms with E-state index in [1.807, 2.05) is 13.8 Å². The molecule has 0 saturated heterocycles. The summed E-state index contributed by atoms with van der Waals surface area (Å²) in [5, 5.41) is 13.8. The third kappa shape index (κ3) is 7.64. The molecule has 7 N–H and O–H groups in total. The average molecular weight is 362 g/mol. The lowest BCUT2D eigenvalue weighted by Gasteiger charge is -2.23. The third-order valence-electron chi connectivity index (χ3n) is 3.67. The lowest BCUT2D eigenvalue weighted by molar-refractivity contribution is -0.142. The molecule has 0 heterocycles. The van der Waals surface area contributed by atoms with Gasteiger partial charge in [-0.05, 0) is 12.3 Å². The summed E-state index contributed by atoms with van der Waals surface area (Å²) < 4.78 is 0. The molecule has 0 rings (SSSR count). The lowest BCUT2D eigenvalue weighted by Crippen LogP contribution is -2.56. The molecule has 0 aliphatic heterocycles. The Morgan fingerprint density at radius 3 is 2.08 bits per heavy atom. The van der Waals surface area contributed by atoms with Crippen LogP contribution in [0.1, 0.15) is 33.1 Å². The highest BCUT2D eigenvalue weighted by molar-refractivity contribution is 7.80. The van der Waals surface area contributed by atoms with E-state index in [1.54, 1.807) is 0 Å². The molecule has 10 heteroatoms. The van der Waals surface area contributed by atoms with Crippen molar-refractivity contribution in [3.05, 3.63) is 0 Å². The number of carbonyl (C=O) groups excluding carboxylic acids is 3. The maximum Gasteiger partial charge on any atom is 0.326 e. The zero-order chi connectivity index (χ0) is 18.9. The van der Waals surface area contributed by atoms with Gasteiger partial charge in [-0.1, -0.05) is 20.3 Å². The number of nitrogens with one attached hydrogen (secondary N) is 2. The molecule has 0 radical (unpaired) electrons. The molecule has 138 valence electrons. The number of thiol groups is 1. The quantitative estimate of drug-likeness (QED) is 0.248. The third-order valence-corrected chi connectivity index (χ3v) is 4.03. The van der Waals surface area contributed by atoms with Crippen molar-refractivity contribution < 1.29 is 24.3 Å². The average Bonchev–Trinajstić information content (AvgIpc) is 2.53. The van der Waals surface area contributed by atoms with Crippen molar-refractivity contribution in [2.75, 3.05) is 5.75 Å². The van der Waals surface area contributed by atoms with Crippen molar-refractivity contribution in [3.8, 4) is 0 Å². The van der Waals surface area contributed by atoms with Gasteiger partial charge in [0.05, 0.1) is 6.04 Å². The molecule has 0 bridgehead atoms. The zero-order valence-electron chi connectivity index (χ0n) is 13.8. The maximum absolute atomic E-state index is 12.1. The monoisotopic (exact) mass is 362 g/mol. The summed E-state index contributed by atoms with van der Waals surface area (Å²) in [4.78, 5) is 46.0. The normalized spacial score (nSPS) is 15.7. The Balaban J connectivity index is 4.79. The van der Waals surface area contributed by atoms with E-state index in [9.17, 15) is 19.2 Å². The highest BCUT2D eigenvalue weighted by atomic mass is 32.1. The molecule has 0 fully saturated rings. The molecule has 0 spiro atoms. The van der Waals surface area contributed by atoms with E-state index in [1.165, 1.54) is 0 Å². The first-order valence-corrected chi connectivity index (χ1v) is 8.25. The Hall–Kier alpha value is -1.81. The number of primary amides is 1. The second-order valence-corrected chi connectivity index (χ2v) is 5.92. The van der Waals surface area contributed by atoms with E-state index in [4.69, 9.17) is 16.6 Å². The molecule has 4 atom stereocenters. The van der Waals surface area contributed by atoms with E-state index in [0.29, 0.717) is 6.42 Å². The summed E-state index contributed by atoms with van der Waals surface area (Å²) in [6.45, 7) is 3.70. The van der Waals surface area contributed by atoms with Crippen molar-refractivity contribution >= 4 is 36.3 Å². The predicted molar refractivity (Wildman–Crippen MR) is 91.2 cm³/mol. The van der Waals surface area contributed by atoms with Crippen molar-refractivity contribution in [1.29, 1.82) is 0 Å². The van der Waals surface area contributed by atoms with Crippen LogP contribution in [0.3, 0.4) is 0 Å². The Morgan fingerprint density at radius 1 is 1.12 bits per heavy atom. The summed E-state index contributed by atoms with van der Waals surface area (Å²) in [7, 11) is 0. The number of nitrogens with two attached hydrogens (primary N) is 2. The maximum atomic E-state index is 12.1. The van der Waals surface area contributed by atoms with Gasteiger partial charge in [0.15, 0.2) is 0 Å². The van der Waals surface area contributed by atoms with E-state index < -0.39 is 41.8 Å². The molecule has 0 aliphatic carbocycles. The Labute approximate surface area is 146 Å². The minimum Gasteiger partial charge on any atom is -0.480 e. The fourth-order valence-electron chi connectivity index (χ4n) is 1.79. The van der Waals surface area contributed by atoms with Crippen LogP contribution in [0.15, 0.2) is 0 Å². The number of hydrogen-bond acceptors (Lipinski definition) is 6. The van der Waals surface area contributed by atoms with Crippen LogP contribution in [0.5, 0.6) is 0 Å². The van der Waals surface area contributed by atoms with Gasteiger partial charge in [0, 0.05) is 12.2 Å². The summed E-state index contributed by atoms with van der Waals surface area (Å²) >= 11 is 3.99. The van der Waals surface area contributed by atoms with Gasteiger partial charge in [0.1, 0.15) is 12.1 Å². The van der Waals surface area contributed by atoms with Crippen LogP contribution in [0, 0.1) is 5.92 Å². The number of carboxylic acid groups (broad SMARTS) is 1. The topological polar surface area (TPSA) is 165 Å². The first kappa shape index (κ1) is 22.2. The van der Waals surface area contributed by atoms with E-state index in [-0.39, 0.29) is 24.5 Å². The van der Waals surface area contributed by atoms with Crippen LogP contribution in [-0.4, -0.2) is 52.7 Å². The Bertz CT molecular complexity index is 474. The van der Waals surface area contributed by atoms with Gasteiger partial charge in [-0.2, -0.15) is 12.6 Å². The molecule has 0 saturated carbocycles. The standard InChI is InChI=1S/C14H26N4O5S/c1-3-7(2)11(16)13(21)18-9(6-24)12(20)17-8(14(22)23)4-5-10(15)19/h7-9,11,24H,3-6,16H2,1-2H3,(H2,15,19)(H,17,20)(H,18,21)(H,22,23)/t7-,8-,9-,11-/m0/s1. The zero-order valence-corrected chi connectivity index (χ0v) is 14.7. The van der Waals surface area contributed by atoms with Crippen LogP contribution < -0.4 is 22.1 Å². The van der Waals surface area contributed by atoms with Gasteiger partial charge in [0.25, 0.3) is 0 Å². The second kappa shape index (κ2) is 10.9. The summed E-state index contributed by atoms with van der Waals surface area (Å²) in [5.74, 6) is -3.31. The lowest BCUT2D eigenvalue weighted by atomic mass is 9.99. The molecule has 0 aromatic carbocycles. The Morgan fingerprint density at radius 2 is 1.67 bits per heavy atom. The summed E-state index contributed by atoms with van der Waals surface area (Å²) in [6.07, 6.45) is 0.366. The molecule has 9 nitrogen and oxygen atoms in total. The smallest absolute Gasteiger partial charge is 0.326 e. The van der Waals surface area contributed by atoms with Gasteiger partial charge < -0.3 is 27.2 Å². The molecular formula is C14H26N4O5S. The van der Waals surface area contributed by atoms with Crippen LogP contribution in [0.25, 0.3) is 0 Å². The molecule has 0 aliphatic rings. The second-order valence-electron chi connectivity index (χ2n) is 5.56. The summed E-state index contributed by atoms with van der Waals surface area (Å²) in [6, 6.07) is -3.10. The number of amides is 3. The van der Waals surface area contributed by atoms with Crippen molar-refractivity contribution in [1.82, 2.24) is 10.6 Å². The molecular weight excluding hydrogens is 336 g/mol. The van der Waals surface area contributed by atoms with Gasteiger partial charge >= 0.3 is 5.97 Å². The molecule has 24 heavy (non-hydrogen) atoms. The number of carboxylic acids is 1. The van der Waals surface area contributed by atoms with E-state index in [2.05, 4.69) is 23.3 Å². The largest absolute Gasteiger partial charge is 0.480 e. The molecule has 0 unspecified atom stereocenters. The first-order valence-electron chi connectivity index (χ1n) is 7.62. The number of aliphatic carboxylic acids is 1. The summed E-state index contributed by atoms with van der Waals surface area (Å²) in [5.41, 5.74) is 10.8. The van der Waals surface area contributed by atoms with Crippen molar-refractivity contribution in [3.63, 3.8) is 0 Å². The minimum atomic E-state index is -1.30. The first-order chi connectivity index (χ1) is 11.1.